The number of nitrogens with zero attached hydrogens (tertiary/aromatic N) is 1. The van der Waals surface area contributed by atoms with E-state index in [1.165, 1.54) is 7.11 Å². The second-order valence-corrected chi connectivity index (χ2v) is 6.35. The number of methoxy groups -OCH3 is 2. The summed E-state index contributed by atoms with van der Waals surface area (Å²) in [6, 6.07) is 11.7. The first-order valence-electron chi connectivity index (χ1n) is 8.63. The van der Waals surface area contributed by atoms with Crippen molar-refractivity contribution in [3.05, 3.63) is 47.5 Å². The van der Waals surface area contributed by atoms with Gasteiger partial charge < -0.3 is 19.5 Å². The van der Waals surface area contributed by atoms with Crippen LogP contribution < -0.4 is 25.0 Å². The minimum Gasteiger partial charge on any atom is -0.497 e. The highest BCUT2D eigenvalue weighted by Gasteiger charge is 2.10. The van der Waals surface area contributed by atoms with Gasteiger partial charge in [0.15, 0.2) is 6.61 Å². The van der Waals surface area contributed by atoms with Gasteiger partial charge in [0, 0.05) is 10.7 Å². The van der Waals surface area contributed by atoms with E-state index in [0.29, 0.717) is 33.7 Å². The number of nitrogens with one attached hydrogen (secondary N) is 2. The summed E-state index contributed by atoms with van der Waals surface area (Å²) in [6.07, 6.45) is -0.0186. The number of amides is 2. The summed E-state index contributed by atoms with van der Waals surface area (Å²) in [5.41, 5.74) is 3.22. The number of carbonyl (C=O) groups excluding carboxylic acids is 2. The van der Waals surface area contributed by atoms with Crippen molar-refractivity contribution in [3.63, 3.8) is 0 Å². The van der Waals surface area contributed by atoms with Gasteiger partial charge in [-0.15, -0.1) is 0 Å². The zero-order valence-electron chi connectivity index (χ0n) is 16.3. The van der Waals surface area contributed by atoms with Crippen LogP contribution in [0.2, 0.25) is 5.02 Å². The predicted molar refractivity (Wildman–Crippen MR) is 111 cm³/mol. The van der Waals surface area contributed by atoms with Crippen LogP contribution >= 0.6 is 11.6 Å². The molecular weight excluding hydrogens is 398 g/mol. The average molecular weight is 420 g/mol. The predicted octanol–water partition coefficient (Wildman–Crippen LogP) is 3.26. The number of carbonyl (C=O) groups is 2. The summed E-state index contributed by atoms with van der Waals surface area (Å²) in [7, 11) is 3.06. The van der Waals surface area contributed by atoms with E-state index in [1.807, 2.05) is 0 Å². The Morgan fingerprint density at radius 1 is 1.00 bits per heavy atom. The lowest BCUT2D eigenvalue weighted by Gasteiger charge is -2.10. The SMILES string of the molecule is COc1ccc(OCC(=O)N/N=C(/C)CC(=O)Nc2cc(Cl)ccc2OC)cc1. The molecule has 2 aromatic rings. The number of rotatable bonds is 9. The fourth-order valence-corrected chi connectivity index (χ4v) is 2.43. The molecular formula is C20H22ClN3O5. The molecule has 0 radical (unpaired) electrons. The van der Waals surface area contributed by atoms with Crippen LogP contribution in [0, 0.1) is 0 Å². The molecule has 0 unspecified atom stereocenters. The number of halogens is 1. The molecule has 0 aliphatic carbocycles. The molecule has 8 nitrogen and oxygen atoms in total. The lowest BCUT2D eigenvalue weighted by molar-refractivity contribution is -0.123. The van der Waals surface area contributed by atoms with Crippen molar-refractivity contribution in [2.24, 2.45) is 5.10 Å². The monoisotopic (exact) mass is 419 g/mol. The minimum atomic E-state index is -0.447. The Bertz CT molecular complexity index is 884. The van der Waals surface area contributed by atoms with Crippen molar-refractivity contribution in [2.45, 2.75) is 13.3 Å². The van der Waals surface area contributed by atoms with E-state index < -0.39 is 5.91 Å². The van der Waals surface area contributed by atoms with Crippen LogP contribution in [-0.4, -0.2) is 38.4 Å². The van der Waals surface area contributed by atoms with Crippen LogP contribution in [0.4, 0.5) is 5.69 Å². The molecule has 2 amide bonds. The van der Waals surface area contributed by atoms with Gasteiger partial charge in [0.25, 0.3) is 5.91 Å². The van der Waals surface area contributed by atoms with Gasteiger partial charge in [-0.3, -0.25) is 9.59 Å². The van der Waals surface area contributed by atoms with E-state index in [1.54, 1.807) is 56.5 Å². The van der Waals surface area contributed by atoms with Crippen molar-refractivity contribution in [2.75, 3.05) is 26.1 Å². The van der Waals surface area contributed by atoms with Crippen LogP contribution in [0.3, 0.4) is 0 Å². The summed E-state index contributed by atoms with van der Waals surface area (Å²) in [4.78, 5) is 24.0. The van der Waals surface area contributed by atoms with E-state index in [9.17, 15) is 9.59 Å². The Hall–Kier alpha value is -3.26. The number of hydrazone groups is 1. The Morgan fingerprint density at radius 3 is 2.34 bits per heavy atom. The smallest absolute Gasteiger partial charge is 0.277 e. The molecule has 0 saturated heterocycles. The molecule has 2 aromatic carbocycles. The van der Waals surface area contributed by atoms with Gasteiger partial charge in [-0.25, -0.2) is 5.43 Å². The van der Waals surface area contributed by atoms with E-state index in [-0.39, 0.29) is 18.9 Å². The van der Waals surface area contributed by atoms with Gasteiger partial charge in [-0.2, -0.15) is 5.10 Å². The summed E-state index contributed by atoms with van der Waals surface area (Å²) in [6.45, 7) is 1.41. The third-order valence-corrected chi connectivity index (χ3v) is 3.89. The molecule has 2 rings (SSSR count). The Morgan fingerprint density at radius 2 is 1.69 bits per heavy atom. The maximum atomic E-state index is 12.2. The van der Waals surface area contributed by atoms with Crippen molar-refractivity contribution in [1.82, 2.24) is 5.43 Å². The molecule has 154 valence electrons. The third kappa shape index (κ3) is 7.34. The molecule has 0 saturated carbocycles. The molecule has 0 aromatic heterocycles. The maximum Gasteiger partial charge on any atom is 0.277 e. The number of hydrogen-bond acceptors (Lipinski definition) is 6. The highest BCUT2D eigenvalue weighted by molar-refractivity contribution is 6.31. The molecule has 9 heteroatoms. The third-order valence-electron chi connectivity index (χ3n) is 3.65. The molecule has 0 heterocycles. The van der Waals surface area contributed by atoms with Crippen molar-refractivity contribution >= 4 is 34.8 Å². The number of benzene rings is 2. The summed E-state index contributed by atoms with van der Waals surface area (Å²) in [5, 5.41) is 7.07. The van der Waals surface area contributed by atoms with E-state index in [4.69, 9.17) is 25.8 Å². The molecule has 0 atom stereocenters. The number of ether oxygens (including phenoxy) is 3. The first-order chi connectivity index (χ1) is 13.9. The highest BCUT2D eigenvalue weighted by Crippen LogP contribution is 2.27. The molecule has 0 spiro atoms. The molecule has 0 aliphatic rings. The van der Waals surface area contributed by atoms with Gasteiger partial charge in [0.1, 0.15) is 17.2 Å². The lowest BCUT2D eigenvalue weighted by atomic mass is 10.2. The quantitative estimate of drug-likeness (QED) is 0.480. The summed E-state index contributed by atoms with van der Waals surface area (Å²) in [5.74, 6) is 0.932. The second kappa shape index (κ2) is 10.9. The molecule has 0 fully saturated rings. The van der Waals surface area contributed by atoms with Gasteiger partial charge in [0.05, 0.1) is 26.3 Å². The average Bonchev–Trinajstić information content (AvgIpc) is 2.71. The summed E-state index contributed by atoms with van der Waals surface area (Å²) < 4.78 is 15.6. The zero-order valence-corrected chi connectivity index (χ0v) is 17.1. The first-order valence-corrected chi connectivity index (χ1v) is 9.01. The van der Waals surface area contributed by atoms with Gasteiger partial charge >= 0.3 is 0 Å². The van der Waals surface area contributed by atoms with Crippen LogP contribution in [0.25, 0.3) is 0 Å². The largest absolute Gasteiger partial charge is 0.497 e. The molecule has 0 aliphatic heterocycles. The van der Waals surface area contributed by atoms with Gasteiger partial charge in [0.2, 0.25) is 5.91 Å². The molecule has 0 bridgehead atoms. The fraction of sp³-hybridized carbons (Fsp3) is 0.250. The lowest BCUT2D eigenvalue weighted by Crippen LogP contribution is -2.26. The molecule has 29 heavy (non-hydrogen) atoms. The second-order valence-electron chi connectivity index (χ2n) is 5.92. The standard InChI is InChI=1S/C20H22ClN3O5/c1-13(10-19(25)22-17-11-14(21)4-9-18(17)28-3)23-24-20(26)12-29-16-7-5-15(27-2)6-8-16/h4-9,11H,10,12H2,1-3H3,(H,22,25)(H,24,26)/b23-13-. The maximum absolute atomic E-state index is 12.2. The summed E-state index contributed by atoms with van der Waals surface area (Å²) >= 11 is 5.94. The Labute approximate surface area is 173 Å². The highest BCUT2D eigenvalue weighted by atomic mass is 35.5. The molecule has 2 N–H and O–H groups in total. The van der Waals surface area contributed by atoms with E-state index >= 15 is 0 Å². The van der Waals surface area contributed by atoms with Crippen LogP contribution in [0.5, 0.6) is 17.2 Å². The van der Waals surface area contributed by atoms with E-state index in [0.717, 1.165) is 0 Å². The Balaban J connectivity index is 1.80. The van der Waals surface area contributed by atoms with Crippen LogP contribution in [-0.2, 0) is 9.59 Å². The van der Waals surface area contributed by atoms with Gasteiger partial charge in [-0.1, -0.05) is 11.6 Å². The first kappa shape index (κ1) is 22.0. The van der Waals surface area contributed by atoms with Gasteiger partial charge in [-0.05, 0) is 49.4 Å². The Kier molecular flexibility index (Phi) is 8.29. The zero-order chi connectivity index (χ0) is 21.2. The fourth-order valence-electron chi connectivity index (χ4n) is 2.26. The minimum absolute atomic E-state index is 0.0186. The topological polar surface area (TPSA) is 98.3 Å². The van der Waals surface area contributed by atoms with Crippen molar-refractivity contribution < 1.29 is 23.8 Å². The van der Waals surface area contributed by atoms with E-state index in [2.05, 4.69) is 15.8 Å². The number of anilines is 1. The van der Waals surface area contributed by atoms with Crippen molar-refractivity contribution in [1.29, 1.82) is 0 Å². The normalized spacial score (nSPS) is 10.8. The van der Waals surface area contributed by atoms with Crippen LogP contribution in [0.15, 0.2) is 47.6 Å². The van der Waals surface area contributed by atoms with Crippen molar-refractivity contribution in [3.8, 4) is 17.2 Å². The number of hydrogen-bond donors (Lipinski definition) is 2. The van der Waals surface area contributed by atoms with Crippen LogP contribution in [0.1, 0.15) is 13.3 Å².